The van der Waals surface area contributed by atoms with Crippen LogP contribution in [0, 0.1) is 0 Å². The average Bonchev–Trinajstić information content (AvgIpc) is 2.90. The maximum absolute atomic E-state index is 13.3. The molecule has 126 valence electrons. The lowest BCUT2D eigenvalue weighted by Gasteiger charge is -2.21. The number of nitrogens with zero attached hydrogens (tertiary/aromatic N) is 1. The van der Waals surface area contributed by atoms with Crippen LogP contribution in [0.15, 0.2) is 35.2 Å². The number of carboxylic acid groups (broad SMARTS) is 1. The number of aliphatic carboxylic acids is 1. The van der Waals surface area contributed by atoms with E-state index in [1.807, 2.05) is 0 Å². The number of halogens is 1. The number of carbonyl (C=O) groups excluding carboxylic acids is 1. The Morgan fingerprint density at radius 1 is 1.30 bits per heavy atom. The molecule has 1 saturated heterocycles. The van der Waals surface area contributed by atoms with Gasteiger partial charge in [0.15, 0.2) is 0 Å². The Labute approximate surface area is 133 Å². The SMILES string of the molecule is O=C(O)[C@@H]1C[C@H](F)CN1C(=O)CCNS(=O)(=O)c1ccccc1. The van der Waals surface area contributed by atoms with Crippen molar-refractivity contribution < 1.29 is 27.5 Å². The lowest BCUT2D eigenvalue weighted by molar-refractivity contribution is -0.148. The molecule has 0 unspecified atom stereocenters. The van der Waals surface area contributed by atoms with Gasteiger partial charge >= 0.3 is 5.97 Å². The van der Waals surface area contributed by atoms with Gasteiger partial charge in [0, 0.05) is 19.4 Å². The third kappa shape index (κ3) is 4.26. The second-order valence-corrected chi connectivity index (χ2v) is 6.96. The predicted molar refractivity (Wildman–Crippen MR) is 78.9 cm³/mol. The van der Waals surface area contributed by atoms with Crippen LogP contribution in [0.25, 0.3) is 0 Å². The fourth-order valence-corrected chi connectivity index (χ4v) is 3.47. The number of alkyl halides is 1. The predicted octanol–water partition coefficient (Wildman–Crippen LogP) is 0.379. The number of likely N-dealkylation sites (tertiary alicyclic amines) is 1. The molecule has 0 radical (unpaired) electrons. The quantitative estimate of drug-likeness (QED) is 0.776. The summed E-state index contributed by atoms with van der Waals surface area (Å²) in [6.07, 6.45) is -1.85. The molecule has 0 aromatic heterocycles. The van der Waals surface area contributed by atoms with E-state index in [4.69, 9.17) is 5.11 Å². The number of amides is 1. The smallest absolute Gasteiger partial charge is 0.326 e. The van der Waals surface area contributed by atoms with Gasteiger partial charge in [-0.15, -0.1) is 0 Å². The van der Waals surface area contributed by atoms with Gasteiger partial charge in [-0.1, -0.05) is 18.2 Å². The van der Waals surface area contributed by atoms with Gasteiger partial charge in [0.05, 0.1) is 11.4 Å². The number of hydrogen-bond acceptors (Lipinski definition) is 4. The van der Waals surface area contributed by atoms with Gasteiger partial charge in [0.25, 0.3) is 0 Å². The number of carboxylic acids is 1. The zero-order chi connectivity index (χ0) is 17.0. The van der Waals surface area contributed by atoms with Crippen molar-refractivity contribution in [1.29, 1.82) is 0 Å². The van der Waals surface area contributed by atoms with Gasteiger partial charge in [0.1, 0.15) is 12.2 Å². The fourth-order valence-electron chi connectivity index (χ4n) is 2.41. The highest BCUT2D eigenvalue weighted by molar-refractivity contribution is 7.89. The zero-order valence-corrected chi connectivity index (χ0v) is 13.0. The largest absolute Gasteiger partial charge is 0.480 e. The highest BCUT2D eigenvalue weighted by Gasteiger charge is 2.39. The monoisotopic (exact) mass is 344 g/mol. The lowest BCUT2D eigenvalue weighted by Crippen LogP contribution is -2.41. The zero-order valence-electron chi connectivity index (χ0n) is 12.2. The molecule has 2 atom stereocenters. The fraction of sp³-hybridized carbons (Fsp3) is 0.429. The van der Waals surface area contributed by atoms with E-state index in [1.165, 1.54) is 12.1 Å². The molecule has 0 spiro atoms. The summed E-state index contributed by atoms with van der Waals surface area (Å²) in [5, 5.41) is 8.98. The average molecular weight is 344 g/mol. The first-order valence-electron chi connectivity index (χ1n) is 7.02. The van der Waals surface area contributed by atoms with Gasteiger partial charge < -0.3 is 10.0 Å². The molecular weight excluding hydrogens is 327 g/mol. The van der Waals surface area contributed by atoms with Crippen molar-refractivity contribution in [2.24, 2.45) is 0 Å². The van der Waals surface area contributed by atoms with E-state index in [1.54, 1.807) is 18.2 Å². The van der Waals surface area contributed by atoms with E-state index >= 15 is 0 Å². The van der Waals surface area contributed by atoms with Crippen LogP contribution in [-0.2, 0) is 19.6 Å². The molecule has 1 aliphatic heterocycles. The summed E-state index contributed by atoms with van der Waals surface area (Å²) >= 11 is 0. The number of benzene rings is 1. The normalized spacial score (nSPS) is 21.3. The van der Waals surface area contributed by atoms with Crippen molar-refractivity contribution >= 4 is 21.9 Å². The highest BCUT2D eigenvalue weighted by Crippen LogP contribution is 2.21. The molecule has 9 heteroatoms. The van der Waals surface area contributed by atoms with E-state index in [-0.39, 0.29) is 30.8 Å². The molecule has 1 fully saturated rings. The Morgan fingerprint density at radius 2 is 1.96 bits per heavy atom. The minimum Gasteiger partial charge on any atom is -0.480 e. The summed E-state index contributed by atoms with van der Waals surface area (Å²) in [7, 11) is -3.73. The topological polar surface area (TPSA) is 104 Å². The second kappa shape index (κ2) is 7.05. The first kappa shape index (κ1) is 17.4. The van der Waals surface area contributed by atoms with Crippen molar-refractivity contribution in [3.63, 3.8) is 0 Å². The summed E-state index contributed by atoms with van der Waals surface area (Å²) in [5.41, 5.74) is 0. The standard InChI is InChI=1S/C14H17FN2O5S/c15-10-8-12(14(19)20)17(9-10)13(18)6-7-16-23(21,22)11-4-2-1-3-5-11/h1-5,10,12,16H,6-9H2,(H,19,20)/t10-,12-/m0/s1. The Hall–Kier alpha value is -2.00. The Balaban J connectivity index is 1.91. The Kier molecular flexibility index (Phi) is 5.32. The van der Waals surface area contributed by atoms with Crippen molar-refractivity contribution in [3.8, 4) is 0 Å². The van der Waals surface area contributed by atoms with E-state index in [0.717, 1.165) is 4.90 Å². The van der Waals surface area contributed by atoms with E-state index in [2.05, 4.69) is 4.72 Å². The number of rotatable bonds is 6. The van der Waals surface area contributed by atoms with E-state index in [0.29, 0.717) is 0 Å². The summed E-state index contributed by atoms with van der Waals surface area (Å²) in [5.74, 6) is -1.85. The van der Waals surface area contributed by atoms with Crippen molar-refractivity contribution in [2.45, 2.75) is 30.0 Å². The second-order valence-electron chi connectivity index (χ2n) is 5.19. The molecule has 1 aromatic carbocycles. The first-order chi connectivity index (χ1) is 10.8. The van der Waals surface area contributed by atoms with Gasteiger partial charge in [-0.25, -0.2) is 22.3 Å². The summed E-state index contributed by atoms with van der Waals surface area (Å²) < 4.78 is 39.5. The van der Waals surface area contributed by atoms with Crippen LogP contribution in [0.5, 0.6) is 0 Å². The van der Waals surface area contributed by atoms with Crippen LogP contribution in [0.4, 0.5) is 4.39 Å². The summed E-state index contributed by atoms with van der Waals surface area (Å²) in [6, 6.07) is 6.46. The van der Waals surface area contributed by atoms with Crippen LogP contribution in [0.2, 0.25) is 0 Å². The lowest BCUT2D eigenvalue weighted by atomic mass is 10.2. The van der Waals surface area contributed by atoms with Crippen LogP contribution in [0.3, 0.4) is 0 Å². The molecule has 1 amide bonds. The highest BCUT2D eigenvalue weighted by atomic mass is 32.2. The molecule has 0 bridgehead atoms. The molecule has 1 aromatic rings. The molecule has 1 aliphatic rings. The maximum Gasteiger partial charge on any atom is 0.326 e. The molecule has 1 heterocycles. The molecule has 2 rings (SSSR count). The Morgan fingerprint density at radius 3 is 2.57 bits per heavy atom. The van der Waals surface area contributed by atoms with Crippen LogP contribution < -0.4 is 4.72 Å². The number of nitrogens with one attached hydrogen (secondary N) is 1. The number of hydrogen-bond donors (Lipinski definition) is 2. The third-order valence-electron chi connectivity index (χ3n) is 3.54. The number of sulfonamides is 1. The molecule has 0 saturated carbocycles. The molecule has 7 nitrogen and oxygen atoms in total. The van der Waals surface area contributed by atoms with E-state index < -0.39 is 34.1 Å². The minimum absolute atomic E-state index is 0.0702. The Bertz CT molecular complexity index is 680. The third-order valence-corrected chi connectivity index (χ3v) is 5.02. The van der Waals surface area contributed by atoms with Crippen molar-refractivity contribution in [1.82, 2.24) is 9.62 Å². The molecule has 2 N–H and O–H groups in total. The van der Waals surface area contributed by atoms with Crippen LogP contribution >= 0.6 is 0 Å². The number of carbonyl (C=O) groups is 2. The van der Waals surface area contributed by atoms with Crippen molar-refractivity contribution in [2.75, 3.05) is 13.1 Å². The minimum atomic E-state index is -3.73. The van der Waals surface area contributed by atoms with Gasteiger partial charge in [-0.2, -0.15) is 0 Å². The summed E-state index contributed by atoms with van der Waals surface area (Å²) in [4.78, 5) is 24.0. The molecule has 0 aliphatic carbocycles. The van der Waals surface area contributed by atoms with Gasteiger partial charge in [-0.3, -0.25) is 4.79 Å². The van der Waals surface area contributed by atoms with Crippen molar-refractivity contribution in [3.05, 3.63) is 30.3 Å². The molecular formula is C14H17FN2O5S. The van der Waals surface area contributed by atoms with E-state index in [9.17, 15) is 22.4 Å². The molecule has 23 heavy (non-hydrogen) atoms. The van der Waals surface area contributed by atoms with Gasteiger partial charge in [-0.05, 0) is 12.1 Å². The van der Waals surface area contributed by atoms with Gasteiger partial charge in [0.2, 0.25) is 15.9 Å². The van der Waals surface area contributed by atoms with Crippen LogP contribution in [-0.4, -0.2) is 55.6 Å². The van der Waals surface area contributed by atoms with Crippen LogP contribution in [0.1, 0.15) is 12.8 Å². The maximum atomic E-state index is 13.3. The first-order valence-corrected chi connectivity index (χ1v) is 8.50. The summed E-state index contributed by atoms with van der Waals surface area (Å²) in [6.45, 7) is -0.461.